The number of fused-ring (bicyclic) bond motifs is 1. The zero-order valence-electron chi connectivity index (χ0n) is 20.6. The lowest BCUT2D eigenvalue weighted by molar-refractivity contribution is -0.275. The molecule has 1 saturated carbocycles. The minimum Gasteiger partial charge on any atom is -0.403 e. The van der Waals surface area contributed by atoms with Crippen molar-refractivity contribution in [3.8, 4) is 16.9 Å². The summed E-state index contributed by atoms with van der Waals surface area (Å²) in [6, 6.07) is 12.1. The number of hydrogen-bond donors (Lipinski definition) is 0. The molecule has 0 unspecified atom stereocenters. The maximum atomic E-state index is 15.3. The Morgan fingerprint density at radius 1 is 0.833 bits per heavy atom. The van der Waals surface area contributed by atoms with Crippen molar-refractivity contribution in [2.75, 3.05) is 0 Å². The van der Waals surface area contributed by atoms with E-state index in [1.54, 1.807) is 18.2 Å². The predicted octanol–water partition coefficient (Wildman–Crippen LogP) is 10.3. The molecule has 194 valence electrons. The molecule has 0 atom stereocenters. The molecule has 0 aliphatic heterocycles. The van der Waals surface area contributed by atoms with Crippen molar-refractivity contribution in [1.29, 1.82) is 0 Å². The summed E-state index contributed by atoms with van der Waals surface area (Å²) >= 11 is 0. The Bertz CT molecular complexity index is 1160. The Morgan fingerprint density at radius 3 is 2.28 bits per heavy atom. The molecular weight excluding hydrogens is 471 g/mol. The van der Waals surface area contributed by atoms with Gasteiger partial charge in [0.25, 0.3) is 0 Å². The third-order valence-electron chi connectivity index (χ3n) is 7.48. The fourth-order valence-electron chi connectivity index (χ4n) is 5.48. The number of halogens is 5. The lowest BCUT2D eigenvalue weighted by Crippen LogP contribution is -2.17. The van der Waals surface area contributed by atoms with Gasteiger partial charge in [-0.3, -0.25) is 0 Å². The van der Waals surface area contributed by atoms with Gasteiger partial charge in [0, 0.05) is 10.9 Å². The fourth-order valence-corrected chi connectivity index (χ4v) is 5.48. The van der Waals surface area contributed by atoms with E-state index in [4.69, 9.17) is 0 Å². The molecule has 36 heavy (non-hydrogen) atoms. The number of alkyl halides is 3. The van der Waals surface area contributed by atoms with Gasteiger partial charge < -0.3 is 4.74 Å². The average molecular weight is 505 g/mol. The van der Waals surface area contributed by atoms with Crippen LogP contribution in [-0.2, 0) is 0 Å². The SMILES string of the molecule is CCCCCCC[C@H]1CC[C@H](c2ccc3c(F)c(-c4ccc(OC(F)(F)F)c(F)c4)ccc3c2)CC1. The molecule has 1 nitrogen and oxygen atoms in total. The van der Waals surface area contributed by atoms with Crippen LogP contribution in [0.1, 0.15) is 82.6 Å². The number of rotatable bonds is 9. The summed E-state index contributed by atoms with van der Waals surface area (Å²) in [5.41, 5.74) is 1.50. The van der Waals surface area contributed by atoms with Crippen LogP contribution in [0.4, 0.5) is 22.0 Å². The summed E-state index contributed by atoms with van der Waals surface area (Å²) < 4.78 is 70.4. The third-order valence-corrected chi connectivity index (χ3v) is 7.48. The summed E-state index contributed by atoms with van der Waals surface area (Å²) in [5.74, 6) is -1.37. The second-order valence-corrected chi connectivity index (χ2v) is 10.0. The first-order valence-corrected chi connectivity index (χ1v) is 13.0. The molecule has 0 bridgehead atoms. The van der Waals surface area contributed by atoms with Crippen molar-refractivity contribution >= 4 is 10.8 Å². The Balaban J connectivity index is 1.43. The van der Waals surface area contributed by atoms with Crippen molar-refractivity contribution < 1.29 is 26.7 Å². The monoisotopic (exact) mass is 504 g/mol. The smallest absolute Gasteiger partial charge is 0.403 e. The molecule has 0 saturated heterocycles. The van der Waals surface area contributed by atoms with Gasteiger partial charge in [0.1, 0.15) is 5.82 Å². The van der Waals surface area contributed by atoms with Gasteiger partial charge in [-0.1, -0.05) is 81.8 Å². The highest BCUT2D eigenvalue weighted by Crippen LogP contribution is 2.40. The quantitative estimate of drug-likeness (QED) is 0.208. The van der Waals surface area contributed by atoms with Gasteiger partial charge in [-0.2, -0.15) is 0 Å². The van der Waals surface area contributed by atoms with E-state index in [-0.39, 0.29) is 11.1 Å². The van der Waals surface area contributed by atoms with E-state index in [1.165, 1.54) is 63.0 Å². The van der Waals surface area contributed by atoms with Gasteiger partial charge in [0.05, 0.1) is 0 Å². The zero-order valence-corrected chi connectivity index (χ0v) is 20.6. The molecule has 1 aliphatic carbocycles. The Hall–Kier alpha value is -2.63. The zero-order chi connectivity index (χ0) is 25.7. The highest BCUT2D eigenvalue weighted by Gasteiger charge is 2.32. The molecule has 0 aromatic heterocycles. The molecule has 1 aliphatic rings. The highest BCUT2D eigenvalue weighted by molar-refractivity contribution is 5.89. The third kappa shape index (κ3) is 6.57. The second kappa shape index (κ2) is 11.6. The minimum atomic E-state index is -5.00. The molecule has 0 spiro atoms. The Labute approximate surface area is 209 Å². The number of unbranched alkanes of at least 4 members (excludes halogenated alkanes) is 4. The molecular formula is C30H33F5O. The van der Waals surface area contributed by atoms with Gasteiger partial charge in [-0.25, -0.2) is 8.78 Å². The number of benzene rings is 3. The van der Waals surface area contributed by atoms with E-state index in [9.17, 15) is 17.6 Å². The topological polar surface area (TPSA) is 9.23 Å². The van der Waals surface area contributed by atoms with Crippen molar-refractivity contribution in [1.82, 2.24) is 0 Å². The van der Waals surface area contributed by atoms with Crippen molar-refractivity contribution in [3.05, 3.63) is 65.7 Å². The fraction of sp³-hybridized carbons (Fsp3) is 0.467. The first kappa shape index (κ1) is 26.4. The van der Waals surface area contributed by atoms with Crippen LogP contribution < -0.4 is 4.74 Å². The lowest BCUT2D eigenvalue weighted by atomic mass is 9.76. The first-order chi connectivity index (χ1) is 17.2. The van der Waals surface area contributed by atoms with E-state index in [0.29, 0.717) is 11.3 Å². The number of hydrogen-bond acceptors (Lipinski definition) is 1. The summed E-state index contributed by atoms with van der Waals surface area (Å²) in [6.45, 7) is 2.24. The van der Waals surface area contributed by atoms with Gasteiger partial charge in [-0.05, 0) is 66.2 Å². The summed E-state index contributed by atoms with van der Waals surface area (Å²) in [4.78, 5) is 0. The maximum Gasteiger partial charge on any atom is 0.573 e. The van der Waals surface area contributed by atoms with Crippen molar-refractivity contribution in [3.63, 3.8) is 0 Å². The average Bonchev–Trinajstić information content (AvgIpc) is 2.85. The maximum absolute atomic E-state index is 15.3. The molecule has 1 fully saturated rings. The number of ether oxygens (including phenoxy) is 1. The molecule has 0 amide bonds. The van der Waals surface area contributed by atoms with E-state index in [2.05, 4.69) is 11.7 Å². The van der Waals surface area contributed by atoms with Gasteiger partial charge >= 0.3 is 6.36 Å². The van der Waals surface area contributed by atoms with Crippen LogP contribution in [0.3, 0.4) is 0 Å². The van der Waals surface area contributed by atoms with Gasteiger partial charge in [0.15, 0.2) is 11.6 Å². The normalized spacial score (nSPS) is 18.5. The Kier molecular flexibility index (Phi) is 8.53. The Morgan fingerprint density at radius 2 is 1.58 bits per heavy atom. The van der Waals surface area contributed by atoms with E-state index < -0.39 is 23.7 Å². The van der Waals surface area contributed by atoms with E-state index >= 15 is 4.39 Å². The summed E-state index contributed by atoms with van der Waals surface area (Å²) in [5, 5.41) is 1.18. The highest BCUT2D eigenvalue weighted by atomic mass is 19.4. The van der Waals surface area contributed by atoms with Crippen molar-refractivity contribution in [2.24, 2.45) is 5.92 Å². The molecule has 3 aromatic carbocycles. The largest absolute Gasteiger partial charge is 0.573 e. The summed E-state index contributed by atoms with van der Waals surface area (Å²) in [6.07, 6.45) is 7.72. The molecule has 0 heterocycles. The predicted molar refractivity (Wildman–Crippen MR) is 134 cm³/mol. The molecule has 0 N–H and O–H groups in total. The van der Waals surface area contributed by atoms with Crippen LogP contribution in [0.2, 0.25) is 0 Å². The standard InChI is InChI=1S/C30H33F5O/c1-2-3-4-5-6-7-20-8-10-21(11-9-20)22-12-15-25-23(18-22)13-16-26(29(25)32)24-14-17-28(27(31)19-24)36-30(33,34)35/h12-21H,2-11H2,1H3/t20-,21-. The van der Waals surface area contributed by atoms with Crippen LogP contribution in [0.15, 0.2) is 48.5 Å². The van der Waals surface area contributed by atoms with Crippen LogP contribution in [0, 0.1) is 17.6 Å². The van der Waals surface area contributed by atoms with Crippen LogP contribution in [0.25, 0.3) is 21.9 Å². The minimum absolute atomic E-state index is 0.132. The van der Waals surface area contributed by atoms with Gasteiger partial charge in [0.2, 0.25) is 0 Å². The van der Waals surface area contributed by atoms with Crippen molar-refractivity contribution in [2.45, 2.75) is 83.4 Å². The van der Waals surface area contributed by atoms with Crippen LogP contribution >= 0.6 is 0 Å². The lowest BCUT2D eigenvalue weighted by Gasteiger charge is -2.29. The van der Waals surface area contributed by atoms with Crippen LogP contribution in [0.5, 0.6) is 5.75 Å². The molecule has 4 rings (SSSR count). The van der Waals surface area contributed by atoms with Crippen LogP contribution in [-0.4, -0.2) is 6.36 Å². The molecule has 3 aromatic rings. The summed E-state index contributed by atoms with van der Waals surface area (Å²) in [7, 11) is 0. The molecule has 0 radical (unpaired) electrons. The molecule has 6 heteroatoms. The first-order valence-electron chi connectivity index (χ1n) is 13.0. The van der Waals surface area contributed by atoms with Gasteiger partial charge in [-0.15, -0.1) is 13.2 Å². The van der Waals surface area contributed by atoms with E-state index in [0.717, 1.165) is 36.3 Å². The van der Waals surface area contributed by atoms with E-state index in [1.807, 2.05) is 12.1 Å². The second-order valence-electron chi connectivity index (χ2n) is 10.0.